The summed E-state index contributed by atoms with van der Waals surface area (Å²) < 4.78 is 10.5. The van der Waals surface area contributed by atoms with E-state index in [9.17, 15) is 14.4 Å². The number of amides is 1. The summed E-state index contributed by atoms with van der Waals surface area (Å²) in [7, 11) is 0. The number of carbonyl (C=O) groups excluding carboxylic acids is 2. The standard InChI is InChI=1S/C19H15NO5/c1-12-8-19(23)25-17-9-14(6-7-15(12)17)20-18(22)11-24-16-5-3-2-4-13(16)10-21/h2-10H,11H2,1H3,(H,20,22). The molecule has 1 aromatic heterocycles. The Hall–Kier alpha value is -3.41. The van der Waals surface area contributed by atoms with Crippen LogP contribution in [0.25, 0.3) is 11.0 Å². The molecule has 0 aliphatic rings. The van der Waals surface area contributed by atoms with Crippen LogP contribution < -0.4 is 15.7 Å². The van der Waals surface area contributed by atoms with Crippen molar-refractivity contribution < 1.29 is 18.7 Å². The number of nitrogens with one attached hydrogen (secondary N) is 1. The monoisotopic (exact) mass is 337 g/mol. The van der Waals surface area contributed by atoms with Crippen LogP contribution in [0.1, 0.15) is 15.9 Å². The van der Waals surface area contributed by atoms with Crippen molar-refractivity contribution in [2.75, 3.05) is 11.9 Å². The van der Waals surface area contributed by atoms with Gasteiger partial charge in [-0.15, -0.1) is 0 Å². The first-order chi connectivity index (χ1) is 12.1. The van der Waals surface area contributed by atoms with Crippen LogP contribution in [-0.4, -0.2) is 18.8 Å². The lowest BCUT2D eigenvalue weighted by molar-refractivity contribution is -0.118. The highest BCUT2D eigenvalue weighted by molar-refractivity contribution is 5.94. The second-order valence-corrected chi connectivity index (χ2v) is 5.45. The Morgan fingerprint density at radius 1 is 1.20 bits per heavy atom. The molecule has 0 unspecified atom stereocenters. The van der Waals surface area contributed by atoms with Crippen molar-refractivity contribution in [2.45, 2.75) is 6.92 Å². The zero-order chi connectivity index (χ0) is 17.8. The summed E-state index contributed by atoms with van der Waals surface area (Å²) >= 11 is 0. The largest absolute Gasteiger partial charge is 0.483 e. The highest BCUT2D eigenvalue weighted by Gasteiger charge is 2.08. The van der Waals surface area contributed by atoms with Crippen LogP contribution in [0.15, 0.2) is 57.7 Å². The minimum Gasteiger partial charge on any atom is -0.483 e. The third-order valence-electron chi connectivity index (χ3n) is 3.64. The number of anilines is 1. The van der Waals surface area contributed by atoms with Gasteiger partial charge < -0.3 is 14.5 Å². The lowest BCUT2D eigenvalue weighted by atomic mass is 10.1. The Morgan fingerprint density at radius 3 is 2.80 bits per heavy atom. The Kier molecular flexibility index (Phi) is 4.61. The van der Waals surface area contributed by atoms with Gasteiger partial charge in [-0.25, -0.2) is 4.79 Å². The normalized spacial score (nSPS) is 10.4. The molecule has 0 bridgehead atoms. The molecule has 3 aromatic rings. The van der Waals surface area contributed by atoms with Crippen LogP contribution >= 0.6 is 0 Å². The van der Waals surface area contributed by atoms with E-state index in [0.29, 0.717) is 28.9 Å². The average molecular weight is 337 g/mol. The molecular formula is C19H15NO5. The second-order valence-electron chi connectivity index (χ2n) is 5.45. The number of fused-ring (bicyclic) bond motifs is 1. The molecule has 2 aromatic carbocycles. The maximum Gasteiger partial charge on any atom is 0.336 e. The van der Waals surface area contributed by atoms with Gasteiger partial charge in [0.15, 0.2) is 12.9 Å². The summed E-state index contributed by atoms with van der Waals surface area (Å²) in [6, 6.07) is 13.1. The van der Waals surface area contributed by atoms with Gasteiger partial charge in [0.1, 0.15) is 11.3 Å². The van der Waals surface area contributed by atoms with Crippen molar-refractivity contribution in [3.05, 3.63) is 70.1 Å². The molecule has 126 valence electrons. The van der Waals surface area contributed by atoms with Gasteiger partial charge in [-0.3, -0.25) is 9.59 Å². The molecule has 1 amide bonds. The number of aryl methyl sites for hydroxylation is 1. The molecule has 6 heteroatoms. The van der Waals surface area contributed by atoms with Crippen LogP contribution in [-0.2, 0) is 4.79 Å². The maximum atomic E-state index is 12.0. The number of ether oxygens (including phenoxy) is 1. The number of carbonyl (C=O) groups is 2. The minimum absolute atomic E-state index is 0.249. The Labute approximate surface area is 143 Å². The fourth-order valence-electron chi connectivity index (χ4n) is 2.45. The molecule has 0 aliphatic heterocycles. The summed E-state index contributed by atoms with van der Waals surface area (Å²) in [5, 5.41) is 3.47. The molecule has 1 N–H and O–H groups in total. The molecule has 0 fully saturated rings. The van der Waals surface area contributed by atoms with Crippen molar-refractivity contribution in [3.63, 3.8) is 0 Å². The summed E-state index contributed by atoms with van der Waals surface area (Å²) in [5.41, 5.74) is 1.62. The predicted octanol–water partition coefficient (Wildman–Crippen LogP) is 2.93. The first kappa shape index (κ1) is 16.4. The SMILES string of the molecule is Cc1cc(=O)oc2cc(NC(=O)COc3ccccc3C=O)ccc12. The smallest absolute Gasteiger partial charge is 0.336 e. The van der Waals surface area contributed by atoms with Gasteiger partial charge in [0.25, 0.3) is 5.91 Å². The van der Waals surface area contributed by atoms with Crippen LogP contribution in [0, 0.1) is 6.92 Å². The highest BCUT2D eigenvalue weighted by atomic mass is 16.5. The van der Waals surface area contributed by atoms with E-state index in [4.69, 9.17) is 9.15 Å². The quantitative estimate of drug-likeness (QED) is 0.571. The minimum atomic E-state index is -0.442. The van der Waals surface area contributed by atoms with Crippen LogP contribution in [0.4, 0.5) is 5.69 Å². The Morgan fingerprint density at radius 2 is 2.00 bits per heavy atom. The molecule has 0 radical (unpaired) electrons. The second kappa shape index (κ2) is 7.00. The number of benzene rings is 2. The van der Waals surface area contributed by atoms with Gasteiger partial charge in [-0.1, -0.05) is 12.1 Å². The van der Waals surface area contributed by atoms with Crippen LogP contribution in [0.3, 0.4) is 0 Å². The van der Waals surface area contributed by atoms with E-state index in [-0.39, 0.29) is 6.61 Å². The fraction of sp³-hybridized carbons (Fsp3) is 0.105. The number of rotatable bonds is 5. The first-order valence-corrected chi connectivity index (χ1v) is 7.58. The lowest BCUT2D eigenvalue weighted by Crippen LogP contribution is -2.20. The highest BCUT2D eigenvalue weighted by Crippen LogP contribution is 2.21. The van der Waals surface area contributed by atoms with Crippen molar-refractivity contribution in [1.82, 2.24) is 0 Å². The van der Waals surface area contributed by atoms with Gasteiger partial charge >= 0.3 is 5.63 Å². The first-order valence-electron chi connectivity index (χ1n) is 7.58. The third kappa shape index (κ3) is 3.74. The molecule has 3 rings (SSSR count). The average Bonchev–Trinajstić information content (AvgIpc) is 2.59. The van der Waals surface area contributed by atoms with Gasteiger partial charge in [-0.2, -0.15) is 0 Å². The van der Waals surface area contributed by atoms with Gasteiger partial charge in [0, 0.05) is 23.2 Å². The van der Waals surface area contributed by atoms with Crippen LogP contribution in [0.2, 0.25) is 0 Å². The van der Waals surface area contributed by atoms with Crippen molar-refractivity contribution >= 4 is 28.8 Å². The van der Waals surface area contributed by atoms with E-state index in [2.05, 4.69) is 5.32 Å². The molecule has 0 saturated heterocycles. The number of aldehydes is 1. The Bertz CT molecular complexity index is 1010. The van der Waals surface area contributed by atoms with E-state index < -0.39 is 11.5 Å². The molecule has 0 aliphatic carbocycles. The van der Waals surface area contributed by atoms with Gasteiger partial charge in [0.2, 0.25) is 0 Å². The summed E-state index contributed by atoms with van der Waals surface area (Å²) in [5.74, 6) is -0.0529. The molecule has 0 saturated carbocycles. The van der Waals surface area contributed by atoms with E-state index >= 15 is 0 Å². The van der Waals surface area contributed by atoms with Gasteiger partial charge in [0.05, 0.1) is 5.56 Å². The van der Waals surface area contributed by atoms with E-state index in [1.165, 1.54) is 6.07 Å². The number of hydrogen-bond acceptors (Lipinski definition) is 5. The third-order valence-corrected chi connectivity index (χ3v) is 3.64. The van der Waals surface area contributed by atoms with Crippen LogP contribution in [0.5, 0.6) is 5.75 Å². The van der Waals surface area contributed by atoms with Crippen molar-refractivity contribution in [3.8, 4) is 5.75 Å². The Balaban J connectivity index is 1.71. The summed E-state index contributed by atoms with van der Waals surface area (Å²) in [6.07, 6.45) is 0.668. The summed E-state index contributed by atoms with van der Waals surface area (Å²) in [4.78, 5) is 34.4. The molecule has 1 heterocycles. The van der Waals surface area contributed by atoms with E-state index in [1.54, 1.807) is 42.5 Å². The predicted molar refractivity (Wildman–Crippen MR) is 93.2 cm³/mol. The molecular weight excluding hydrogens is 322 g/mol. The maximum absolute atomic E-state index is 12.0. The topological polar surface area (TPSA) is 85.6 Å². The molecule has 0 spiro atoms. The number of hydrogen-bond donors (Lipinski definition) is 1. The molecule has 6 nitrogen and oxygen atoms in total. The van der Waals surface area contributed by atoms with Crippen molar-refractivity contribution in [2.24, 2.45) is 0 Å². The molecule has 25 heavy (non-hydrogen) atoms. The summed E-state index contributed by atoms with van der Waals surface area (Å²) in [6.45, 7) is 1.57. The zero-order valence-corrected chi connectivity index (χ0v) is 13.4. The van der Waals surface area contributed by atoms with E-state index in [1.807, 2.05) is 6.92 Å². The van der Waals surface area contributed by atoms with E-state index in [0.717, 1.165) is 10.9 Å². The number of para-hydroxylation sites is 1. The fourth-order valence-corrected chi connectivity index (χ4v) is 2.45. The van der Waals surface area contributed by atoms with Gasteiger partial charge in [-0.05, 0) is 36.8 Å². The zero-order valence-electron chi connectivity index (χ0n) is 13.4. The lowest BCUT2D eigenvalue weighted by Gasteiger charge is -2.09. The van der Waals surface area contributed by atoms with Crippen molar-refractivity contribution in [1.29, 1.82) is 0 Å². The molecule has 0 atom stereocenters.